The summed E-state index contributed by atoms with van der Waals surface area (Å²) in [5, 5.41) is 3.50. The van der Waals surface area contributed by atoms with E-state index in [2.05, 4.69) is 17.2 Å². The van der Waals surface area contributed by atoms with Gasteiger partial charge in [0.25, 0.3) is 0 Å². The molecule has 3 nitrogen and oxygen atoms in total. The molecular formula is C12H20N2OS. The second kappa shape index (κ2) is 5.75. The number of hydrogen-bond donors (Lipinski definition) is 1. The van der Waals surface area contributed by atoms with Crippen molar-refractivity contribution in [3.8, 4) is 0 Å². The predicted octanol–water partition coefficient (Wildman–Crippen LogP) is 2.09. The van der Waals surface area contributed by atoms with E-state index in [0.29, 0.717) is 5.41 Å². The van der Waals surface area contributed by atoms with Gasteiger partial charge in [0.2, 0.25) is 0 Å². The highest BCUT2D eigenvalue weighted by atomic mass is 32.1. The summed E-state index contributed by atoms with van der Waals surface area (Å²) in [5.74, 6) is 0. The summed E-state index contributed by atoms with van der Waals surface area (Å²) in [5.41, 5.74) is 2.32. The summed E-state index contributed by atoms with van der Waals surface area (Å²) in [6, 6.07) is 0. The first-order valence-corrected chi connectivity index (χ1v) is 6.88. The summed E-state index contributed by atoms with van der Waals surface area (Å²) >= 11 is 1.77. The molecule has 0 amide bonds. The van der Waals surface area contributed by atoms with Gasteiger partial charge < -0.3 is 10.1 Å². The normalized spacial score (nSPS) is 19.8. The van der Waals surface area contributed by atoms with Gasteiger partial charge in [0.05, 0.1) is 5.51 Å². The lowest BCUT2D eigenvalue weighted by Gasteiger charge is -2.37. The molecule has 0 spiro atoms. The Morgan fingerprint density at radius 2 is 2.31 bits per heavy atom. The van der Waals surface area contributed by atoms with Crippen LogP contribution in [0.1, 0.15) is 24.6 Å². The molecule has 0 bridgehead atoms. The number of rotatable bonds is 5. The third kappa shape index (κ3) is 3.03. The average Bonchev–Trinajstić information content (AvgIpc) is 2.80. The van der Waals surface area contributed by atoms with Crippen LogP contribution < -0.4 is 5.32 Å². The molecule has 1 aromatic rings. The van der Waals surface area contributed by atoms with Crippen molar-refractivity contribution >= 4 is 11.3 Å². The van der Waals surface area contributed by atoms with E-state index in [1.54, 1.807) is 11.3 Å². The van der Waals surface area contributed by atoms with Crippen molar-refractivity contribution in [1.82, 2.24) is 10.3 Å². The topological polar surface area (TPSA) is 34.2 Å². The summed E-state index contributed by atoms with van der Waals surface area (Å²) in [4.78, 5) is 5.57. The molecule has 1 aliphatic rings. The van der Waals surface area contributed by atoms with Crippen LogP contribution in [0.25, 0.3) is 0 Å². The minimum absolute atomic E-state index is 0.390. The van der Waals surface area contributed by atoms with E-state index in [1.807, 2.05) is 11.7 Å². The van der Waals surface area contributed by atoms with Crippen LogP contribution in [0, 0.1) is 5.41 Å². The third-order valence-electron chi connectivity index (χ3n) is 3.34. The van der Waals surface area contributed by atoms with Gasteiger partial charge in [0.1, 0.15) is 0 Å². The van der Waals surface area contributed by atoms with Crippen LogP contribution in [0.3, 0.4) is 0 Å². The fraction of sp³-hybridized carbons (Fsp3) is 0.750. The standard InChI is InChI=1S/C12H20N2OS/c1-2-13-9-12(3-5-15-6-4-12)7-11-8-14-10-16-11/h8,10,13H,2-7,9H2,1H3. The molecule has 0 unspecified atom stereocenters. The molecule has 2 rings (SSSR count). The zero-order chi connectivity index (χ0) is 11.3. The highest BCUT2D eigenvalue weighted by Crippen LogP contribution is 2.34. The molecule has 1 saturated heterocycles. The number of aromatic nitrogens is 1. The molecule has 1 aliphatic heterocycles. The highest BCUT2D eigenvalue weighted by Gasteiger charge is 2.32. The number of hydrogen-bond acceptors (Lipinski definition) is 4. The van der Waals surface area contributed by atoms with E-state index >= 15 is 0 Å². The molecule has 0 saturated carbocycles. The maximum absolute atomic E-state index is 5.48. The first-order chi connectivity index (χ1) is 7.85. The Bertz CT molecular complexity index is 294. The van der Waals surface area contributed by atoms with Crippen molar-refractivity contribution in [3.05, 3.63) is 16.6 Å². The Balaban J connectivity index is 2.01. The summed E-state index contributed by atoms with van der Waals surface area (Å²) in [6.07, 6.45) is 5.48. The lowest BCUT2D eigenvalue weighted by molar-refractivity contribution is 0.0155. The smallest absolute Gasteiger partial charge is 0.0794 e. The van der Waals surface area contributed by atoms with Crippen LogP contribution in [0.2, 0.25) is 0 Å². The van der Waals surface area contributed by atoms with Gasteiger partial charge in [-0.2, -0.15) is 0 Å². The molecular weight excluding hydrogens is 220 g/mol. The Kier molecular flexibility index (Phi) is 4.32. The van der Waals surface area contributed by atoms with Crippen LogP contribution in [-0.2, 0) is 11.2 Å². The second-order valence-electron chi connectivity index (χ2n) is 4.54. The molecule has 0 atom stereocenters. The van der Waals surface area contributed by atoms with Gasteiger partial charge in [-0.15, -0.1) is 11.3 Å². The first kappa shape index (κ1) is 12.0. The first-order valence-electron chi connectivity index (χ1n) is 6.00. The monoisotopic (exact) mass is 240 g/mol. The summed E-state index contributed by atoms with van der Waals surface area (Å²) in [7, 11) is 0. The van der Waals surface area contributed by atoms with Crippen molar-refractivity contribution in [2.75, 3.05) is 26.3 Å². The van der Waals surface area contributed by atoms with E-state index in [9.17, 15) is 0 Å². The van der Waals surface area contributed by atoms with Crippen molar-refractivity contribution in [2.45, 2.75) is 26.2 Å². The minimum atomic E-state index is 0.390. The SMILES string of the molecule is CCNCC1(Cc2cncs2)CCOCC1. The average molecular weight is 240 g/mol. The maximum atomic E-state index is 5.48. The zero-order valence-electron chi connectivity index (χ0n) is 9.87. The Hall–Kier alpha value is -0.450. The van der Waals surface area contributed by atoms with Crippen LogP contribution in [0.5, 0.6) is 0 Å². The van der Waals surface area contributed by atoms with Crippen molar-refractivity contribution < 1.29 is 4.74 Å². The van der Waals surface area contributed by atoms with Gasteiger partial charge in [-0.05, 0) is 31.2 Å². The zero-order valence-corrected chi connectivity index (χ0v) is 10.7. The fourth-order valence-corrected chi connectivity index (χ4v) is 3.08. The molecule has 0 radical (unpaired) electrons. The second-order valence-corrected chi connectivity index (χ2v) is 5.51. The van der Waals surface area contributed by atoms with Gasteiger partial charge in [-0.3, -0.25) is 4.98 Å². The quantitative estimate of drug-likeness (QED) is 0.856. The van der Waals surface area contributed by atoms with E-state index < -0.39 is 0 Å². The van der Waals surface area contributed by atoms with Crippen LogP contribution in [0.4, 0.5) is 0 Å². The molecule has 2 heterocycles. The summed E-state index contributed by atoms with van der Waals surface area (Å²) in [6.45, 7) is 6.13. The Morgan fingerprint density at radius 3 is 2.94 bits per heavy atom. The van der Waals surface area contributed by atoms with Gasteiger partial charge in [-0.25, -0.2) is 0 Å². The predicted molar refractivity (Wildman–Crippen MR) is 66.8 cm³/mol. The Morgan fingerprint density at radius 1 is 1.50 bits per heavy atom. The van der Waals surface area contributed by atoms with Gasteiger partial charge in [-0.1, -0.05) is 6.92 Å². The van der Waals surface area contributed by atoms with Crippen molar-refractivity contribution in [2.24, 2.45) is 5.41 Å². The number of nitrogens with zero attached hydrogens (tertiary/aromatic N) is 1. The number of nitrogens with one attached hydrogen (secondary N) is 1. The molecule has 4 heteroatoms. The maximum Gasteiger partial charge on any atom is 0.0794 e. The lowest BCUT2D eigenvalue weighted by atomic mass is 9.77. The van der Waals surface area contributed by atoms with Gasteiger partial charge in [0.15, 0.2) is 0 Å². The molecule has 90 valence electrons. The molecule has 1 aromatic heterocycles. The summed E-state index contributed by atoms with van der Waals surface area (Å²) < 4.78 is 5.48. The van der Waals surface area contributed by atoms with Crippen LogP contribution >= 0.6 is 11.3 Å². The molecule has 0 aromatic carbocycles. The lowest BCUT2D eigenvalue weighted by Crippen LogP contribution is -2.40. The molecule has 16 heavy (non-hydrogen) atoms. The highest BCUT2D eigenvalue weighted by molar-refractivity contribution is 7.09. The van der Waals surface area contributed by atoms with E-state index in [-0.39, 0.29) is 0 Å². The molecule has 0 aliphatic carbocycles. The largest absolute Gasteiger partial charge is 0.381 e. The Labute approximate surface area is 101 Å². The van der Waals surface area contributed by atoms with E-state index in [4.69, 9.17) is 4.74 Å². The van der Waals surface area contributed by atoms with Crippen molar-refractivity contribution in [3.63, 3.8) is 0 Å². The van der Waals surface area contributed by atoms with Gasteiger partial charge >= 0.3 is 0 Å². The number of thiazole rings is 1. The third-order valence-corrected chi connectivity index (χ3v) is 4.12. The number of ether oxygens (including phenoxy) is 1. The van der Waals surface area contributed by atoms with E-state index in [1.165, 1.54) is 4.88 Å². The molecule has 1 N–H and O–H groups in total. The van der Waals surface area contributed by atoms with E-state index in [0.717, 1.165) is 45.6 Å². The fourth-order valence-electron chi connectivity index (χ4n) is 2.31. The minimum Gasteiger partial charge on any atom is -0.381 e. The molecule has 1 fully saturated rings. The van der Waals surface area contributed by atoms with Crippen molar-refractivity contribution in [1.29, 1.82) is 0 Å². The van der Waals surface area contributed by atoms with Gasteiger partial charge in [0, 0.05) is 30.8 Å². The van der Waals surface area contributed by atoms with Crippen LogP contribution in [0.15, 0.2) is 11.7 Å². The van der Waals surface area contributed by atoms with Crippen LogP contribution in [-0.4, -0.2) is 31.3 Å².